The molecular formula is C22H19N3O4S. The Kier molecular flexibility index (Phi) is 5.58. The second-order valence-electron chi connectivity index (χ2n) is 6.61. The minimum Gasteiger partial charge on any atom is -0.504 e. The number of phenolic OH excluding ortho intramolecular Hbond substituents is 1. The number of hydrogen-bond acceptors (Lipinski definition) is 6. The molecule has 8 heteroatoms. The van der Waals surface area contributed by atoms with Gasteiger partial charge in [0.25, 0.3) is 0 Å². The topological polar surface area (TPSA) is 97.0 Å². The largest absolute Gasteiger partial charge is 0.504 e. The van der Waals surface area contributed by atoms with E-state index >= 15 is 0 Å². The molecular weight excluding hydrogens is 402 g/mol. The van der Waals surface area contributed by atoms with Crippen molar-refractivity contribution in [3.05, 3.63) is 66.5 Å². The molecule has 2 N–H and O–H groups in total. The predicted molar refractivity (Wildman–Crippen MR) is 113 cm³/mol. The van der Waals surface area contributed by atoms with Crippen molar-refractivity contribution in [1.82, 2.24) is 14.4 Å². The van der Waals surface area contributed by atoms with Crippen molar-refractivity contribution in [3.63, 3.8) is 0 Å². The average molecular weight is 421 g/mol. The van der Waals surface area contributed by atoms with Crippen LogP contribution in [0.15, 0.2) is 71.0 Å². The number of hydrogen-bond donors (Lipinski definition) is 2. The van der Waals surface area contributed by atoms with Crippen molar-refractivity contribution < 1.29 is 19.7 Å². The number of aromatic nitrogens is 3. The van der Waals surface area contributed by atoms with Gasteiger partial charge in [0.2, 0.25) is 0 Å². The van der Waals surface area contributed by atoms with Gasteiger partial charge in [-0.15, -0.1) is 0 Å². The number of phenols is 1. The molecule has 0 aliphatic heterocycles. The number of imidazole rings is 1. The monoisotopic (exact) mass is 421 g/mol. The summed E-state index contributed by atoms with van der Waals surface area (Å²) < 4.78 is 7.01. The lowest BCUT2D eigenvalue weighted by atomic mass is 10.1. The normalized spacial score (nSPS) is 11.0. The van der Waals surface area contributed by atoms with Crippen molar-refractivity contribution in [2.75, 3.05) is 7.11 Å². The number of methoxy groups -OCH3 is 1. The van der Waals surface area contributed by atoms with E-state index in [1.165, 1.54) is 18.9 Å². The quantitative estimate of drug-likeness (QED) is 0.430. The van der Waals surface area contributed by atoms with Crippen molar-refractivity contribution >= 4 is 23.4 Å². The molecule has 7 nitrogen and oxygen atoms in total. The van der Waals surface area contributed by atoms with Crippen LogP contribution in [0.25, 0.3) is 16.9 Å². The molecule has 0 amide bonds. The number of aliphatic carboxylic acids is 1. The first-order chi connectivity index (χ1) is 14.5. The van der Waals surface area contributed by atoms with Gasteiger partial charge in [-0.05, 0) is 42.3 Å². The summed E-state index contributed by atoms with van der Waals surface area (Å²) in [6.45, 7) is 0. The maximum absolute atomic E-state index is 10.7. The zero-order chi connectivity index (χ0) is 21.1. The van der Waals surface area contributed by atoms with Crippen molar-refractivity contribution in [1.29, 1.82) is 0 Å². The number of aryl methyl sites for hydroxylation is 1. The van der Waals surface area contributed by atoms with E-state index in [9.17, 15) is 9.90 Å². The van der Waals surface area contributed by atoms with Crippen molar-refractivity contribution in [2.45, 2.75) is 22.9 Å². The average Bonchev–Trinajstić information content (AvgIpc) is 3.22. The molecule has 0 radical (unpaired) electrons. The van der Waals surface area contributed by atoms with Crippen LogP contribution in [0.2, 0.25) is 0 Å². The summed E-state index contributed by atoms with van der Waals surface area (Å²) in [6, 6.07) is 14.8. The first-order valence-corrected chi connectivity index (χ1v) is 10.1. The van der Waals surface area contributed by atoms with Crippen LogP contribution in [0, 0.1) is 0 Å². The maximum atomic E-state index is 10.7. The number of carboxylic acids is 1. The molecule has 0 bridgehead atoms. The molecule has 0 saturated heterocycles. The smallest absolute Gasteiger partial charge is 0.303 e. The van der Waals surface area contributed by atoms with Crippen LogP contribution in [0.4, 0.5) is 0 Å². The lowest BCUT2D eigenvalue weighted by molar-refractivity contribution is -0.136. The van der Waals surface area contributed by atoms with Crippen LogP contribution in [0.1, 0.15) is 12.0 Å². The number of nitrogens with zero attached hydrogens (tertiary/aromatic N) is 3. The maximum Gasteiger partial charge on any atom is 0.303 e. The van der Waals surface area contributed by atoms with Gasteiger partial charge in [0.15, 0.2) is 16.7 Å². The lowest BCUT2D eigenvalue weighted by Gasteiger charge is -2.10. The summed E-state index contributed by atoms with van der Waals surface area (Å²) in [6.07, 6.45) is 4.17. The third kappa shape index (κ3) is 4.23. The minimum absolute atomic E-state index is 0.0474. The summed E-state index contributed by atoms with van der Waals surface area (Å²) >= 11 is 1.48. The van der Waals surface area contributed by atoms with E-state index in [1.54, 1.807) is 18.3 Å². The molecule has 2 aromatic heterocycles. The third-order valence-electron chi connectivity index (χ3n) is 4.59. The predicted octanol–water partition coefficient (Wildman–Crippen LogP) is 4.28. The zero-order valence-electron chi connectivity index (χ0n) is 16.1. The van der Waals surface area contributed by atoms with Crippen LogP contribution in [0.3, 0.4) is 0 Å². The van der Waals surface area contributed by atoms with Crippen molar-refractivity contribution in [2.24, 2.45) is 0 Å². The molecule has 0 atom stereocenters. The van der Waals surface area contributed by atoms with E-state index in [2.05, 4.69) is 4.98 Å². The highest BCUT2D eigenvalue weighted by Gasteiger charge is 2.12. The SMILES string of the molecule is COc1ccc(-c2cc3nccn3c(Sc3ccc(CCC(=O)O)cc3)n2)cc1O. The fourth-order valence-electron chi connectivity index (χ4n) is 3.05. The van der Waals surface area contributed by atoms with E-state index in [1.807, 2.05) is 47.0 Å². The van der Waals surface area contributed by atoms with Gasteiger partial charge in [-0.2, -0.15) is 0 Å². The number of rotatable bonds is 7. The van der Waals surface area contributed by atoms with Crippen LogP contribution in [0.5, 0.6) is 11.5 Å². The Morgan fingerprint density at radius 1 is 1.17 bits per heavy atom. The first kappa shape index (κ1) is 19.8. The van der Waals surface area contributed by atoms with Gasteiger partial charge in [0, 0.05) is 35.3 Å². The van der Waals surface area contributed by atoms with Crippen LogP contribution in [-0.4, -0.2) is 37.7 Å². The molecule has 2 aromatic carbocycles. The molecule has 30 heavy (non-hydrogen) atoms. The fraction of sp³-hybridized carbons (Fsp3) is 0.136. The van der Waals surface area contributed by atoms with E-state index in [-0.39, 0.29) is 12.2 Å². The molecule has 0 unspecified atom stereocenters. The molecule has 0 fully saturated rings. The Morgan fingerprint density at radius 3 is 2.67 bits per heavy atom. The fourth-order valence-corrected chi connectivity index (χ4v) is 3.92. The van der Waals surface area contributed by atoms with Gasteiger partial charge >= 0.3 is 5.97 Å². The summed E-state index contributed by atoms with van der Waals surface area (Å²) in [5.41, 5.74) is 3.16. The van der Waals surface area contributed by atoms with E-state index in [0.717, 1.165) is 26.8 Å². The van der Waals surface area contributed by atoms with Crippen molar-refractivity contribution in [3.8, 4) is 22.8 Å². The van der Waals surface area contributed by atoms with E-state index in [4.69, 9.17) is 14.8 Å². The Labute approximate surface area is 177 Å². The van der Waals surface area contributed by atoms with E-state index < -0.39 is 5.97 Å². The number of carboxylic acid groups (broad SMARTS) is 1. The molecule has 4 rings (SSSR count). The number of aromatic hydroxyl groups is 1. The van der Waals surface area contributed by atoms with E-state index in [0.29, 0.717) is 17.9 Å². The number of carbonyl (C=O) groups is 1. The Hall–Kier alpha value is -3.52. The van der Waals surface area contributed by atoms with Gasteiger partial charge in [0.05, 0.1) is 12.8 Å². The number of fused-ring (bicyclic) bond motifs is 1. The molecule has 2 heterocycles. The van der Waals surface area contributed by atoms with Gasteiger partial charge < -0.3 is 14.9 Å². The molecule has 0 saturated carbocycles. The first-order valence-electron chi connectivity index (χ1n) is 9.23. The summed E-state index contributed by atoms with van der Waals surface area (Å²) in [7, 11) is 1.51. The molecule has 0 spiro atoms. The van der Waals surface area contributed by atoms with Gasteiger partial charge in [0.1, 0.15) is 5.65 Å². The minimum atomic E-state index is -0.804. The Morgan fingerprint density at radius 2 is 1.97 bits per heavy atom. The zero-order valence-corrected chi connectivity index (χ0v) is 17.0. The van der Waals surface area contributed by atoms with Crippen LogP contribution < -0.4 is 4.74 Å². The van der Waals surface area contributed by atoms with Crippen LogP contribution in [-0.2, 0) is 11.2 Å². The van der Waals surface area contributed by atoms with Gasteiger partial charge in [-0.1, -0.05) is 23.9 Å². The summed E-state index contributed by atoms with van der Waals surface area (Å²) in [5, 5.41) is 19.7. The second-order valence-corrected chi connectivity index (χ2v) is 7.65. The molecule has 152 valence electrons. The Bertz CT molecular complexity index is 1200. The lowest BCUT2D eigenvalue weighted by Crippen LogP contribution is -1.98. The van der Waals surface area contributed by atoms with Gasteiger partial charge in [-0.3, -0.25) is 9.20 Å². The third-order valence-corrected chi connectivity index (χ3v) is 5.57. The second kappa shape index (κ2) is 8.46. The Balaban J connectivity index is 1.65. The summed E-state index contributed by atoms with van der Waals surface area (Å²) in [4.78, 5) is 20.9. The highest BCUT2D eigenvalue weighted by molar-refractivity contribution is 7.99. The molecule has 4 aromatic rings. The summed E-state index contributed by atoms with van der Waals surface area (Å²) in [5.74, 6) is -0.356. The molecule has 0 aliphatic rings. The standard InChI is InChI=1S/C22H19N3O4S/c1-29-19-8-5-15(12-18(19)26)17-13-20-23-10-11-25(20)22(24-17)30-16-6-2-14(3-7-16)4-9-21(27)28/h2-3,5-8,10-13,26H,4,9H2,1H3,(H,27,28). The molecule has 0 aliphatic carbocycles. The number of ether oxygens (including phenoxy) is 1. The van der Waals surface area contributed by atoms with Gasteiger partial charge in [-0.25, -0.2) is 9.97 Å². The highest BCUT2D eigenvalue weighted by Crippen LogP contribution is 2.33. The highest BCUT2D eigenvalue weighted by atomic mass is 32.2. The number of benzene rings is 2. The van der Waals surface area contributed by atoms with Crippen LogP contribution >= 0.6 is 11.8 Å².